The number of esters is 2. The smallest absolute Gasteiger partial charge is 0.462 e. The fourth-order valence-electron chi connectivity index (χ4n) is 12.2. The third-order valence-corrected chi connectivity index (χ3v) is 19.6. The molecule has 2 unspecified atom stereocenters. The predicted octanol–water partition coefficient (Wildman–Crippen LogP) is 28.2. The molecule has 0 aromatic heterocycles. The largest absolute Gasteiger partial charge is 0.472 e. The number of carbonyl (C=O) groups excluding carboxylic acids is 2. The van der Waals surface area contributed by atoms with Crippen LogP contribution in [0.2, 0.25) is 0 Å². The van der Waals surface area contributed by atoms with E-state index in [0.29, 0.717) is 23.9 Å². The van der Waals surface area contributed by atoms with Crippen LogP contribution in [0.5, 0.6) is 0 Å². The van der Waals surface area contributed by atoms with Crippen molar-refractivity contribution in [2.24, 2.45) is 0 Å². The molecule has 0 amide bonds. The Labute approximate surface area is 608 Å². The molecule has 10 heteroatoms. The molecule has 0 aliphatic heterocycles. The van der Waals surface area contributed by atoms with E-state index in [9.17, 15) is 19.0 Å². The number of likely N-dealkylation sites (N-methyl/N-ethyl adjacent to an activating group) is 1. The van der Waals surface area contributed by atoms with Crippen molar-refractivity contribution in [2.45, 2.75) is 405 Å². The molecule has 0 heterocycles. The van der Waals surface area contributed by atoms with Gasteiger partial charge in [0.15, 0.2) is 6.10 Å². The number of rotatable bonds is 78. The van der Waals surface area contributed by atoms with Gasteiger partial charge in [-0.15, -0.1) is 0 Å². The van der Waals surface area contributed by atoms with Gasteiger partial charge in [0, 0.05) is 12.8 Å². The summed E-state index contributed by atoms with van der Waals surface area (Å²) in [6.07, 6.45) is 110. The van der Waals surface area contributed by atoms with Gasteiger partial charge in [0.05, 0.1) is 27.7 Å². The topological polar surface area (TPSA) is 108 Å². The first kappa shape index (κ1) is 94.9. The molecule has 0 rings (SSSR count). The van der Waals surface area contributed by atoms with Gasteiger partial charge in [-0.2, -0.15) is 0 Å². The quantitative estimate of drug-likeness (QED) is 0.0211. The fraction of sp³-hybridized carbons (Fsp3) is 0.795. The molecule has 0 aromatic carbocycles. The summed E-state index contributed by atoms with van der Waals surface area (Å²) >= 11 is 0. The number of hydrogen-bond donors (Lipinski definition) is 1. The van der Waals surface area contributed by atoms with Crippen LogP contribution in [0.25, 0.3) is 0 Å². The second-order valence-corrected chi connectivity index (χ2v) is 30.9. The molecule has 98 heavy (non-hydrogen) atoms. The molecular formula is C88H161NO8P+. The maximum absolute atomic E-state index is 12.9. The molecule has 0 bridgehead atoms. The van der Waals surface area contributed by atoms with Crippen molar-refractivity contribution in [1.29, 1.82) is 0 Å². The first-order valence-electron chi connectivity index (χ1n) is 42.0. The molecule has 0 spiro atoms. The molecule has 0 fully saturated rings. The lowest BCUT2D eigenvalue weighted by molar-refractivity contribution is -0.870. The van der Waals surface area contributed by atoms with Crippen molar-refractivity contribution in [1.82, 2.24) is 0 Å². The maximum Gasteiger partial charge on any atom is 0.472 e. The van der Waals surface area contributed by atoms with E-state index in [2.05, 4.69) is 111 Å². The first-order chi connectivity index (χ1) is 48.0. The molecule has 0 saturated carbocycles. The average Bonchev–Trinajstić information content (AvgIpc) is 1.08. The lowest BCUT2D eigenvalue weighted by Crippen LogP contribution is -2.37. The highest BCUT2D eigenvalue weighted by Crippen LogP contribution is 2.43. The van der Waals surface area contributed by atoms with Crippen LogP contribution in [0, 0.1) is 0 Å². The highest BCUT2D eigenvalue weighted by Gasteiger charge is 2.27. The Morgan fingerprint density at radius 1 is 0.327 bits per heavy atom. The fourth-order valence-corrected chi connectivity index (χ4v) is 13.0. The Morgan fingerprint density at radius 3 is 0.867 bits per heavy atom. The molecule has 0 aromatic rings. The van der Waals surface area contributed by atoms with Gasteiger partial charge in [-0.1, -0.05) is 387 Å². The van der Waals surface area contributed by atoms with E-state index in [1.165, 1.54) is 289 Å². The SMILES string of the molecule is CC/C=C\C/C=C\C/C=C\C/C=C\C/C=C\CCCCCCCCCCCCCCCCCCCCCC(=O)OC(COC(=O)CCCCCCCCCCCCCCCCCCCCCCCCCC/C=C\C/C=C\C/C=C\CCCCCCC)COP(=O)(O)OCC[N+](C)(C)C. The van der Waals surface area contributed by atoms with Gasteiger partial charge < -0.3 is 18.9 Å². The van der Waals surface area contributed by atoms with Crippen LogP contribution in [0.15, 0.2) is 97.2 Å². The summed E-state index contributed by atoms with van der Waals surface area (Å²) in [5.41, 5.74) is 0. The number of ether oxygens (including phenoxy) is 2. The third kappa shape index (κ3) is 81.9. The van der Waals surface area contributed by atoms with E-state index in [0.717, 1.165) is 77.0 Å². The van der Waals surface area contributed by atoms with Crippen LogP contribution in [0.1, 0.15) is 399 Å². The van der Waals surface area contributed by atoms with Crippen molar-refractivity contribution in [3.8, 4) is 0 Å². The van der Waals surface area contributed by atoms with Crippen LogP contribution >= 0.6 is 7.82 Å². The van der Waals surface area contributed by atoms with E-state index in [4.69, 9.17) is 18.5 Å². The molecule has 9 nitrogen and oxygen atoms in total. The number of hydrogen-bond acceptors (Lipinski definition) is 7. The highest BCUT2D eigenvalue weighted by atomic mass is 31.2. The lowest BCUT2D eigenvalue weighted by Gasteiger charge is -2.24. The van der Waals surface area contributed by atoms with Crippen LogP contribution in [-0.4, -0.2) is 74.9 Å². The van der Waals surface area contributed by atoms with Crippen molar-refractivity contribution < 1.29 is 42.1 Å². The summed E-state index contributed by atoms with van der Waals surface area (Å²) in [5, 5.41) is 0. The van der Waals surface area contributed by atoms with E-state index in [1.807, 2.05) is 21.1 Å². The zero-order valence-corrected chi connectivity index (χ0v) is 66.2. The van der Waals surface area contributed by atoms with Gasteiger partial charge in [-0.25, -0.2) is 4.57 Å². The van der Waals surface area contributed by atoms with E-state index in [-0.39, 0.29) is 25.6 Å². The minimum atomic E-state index is -4.40. The van der Waals surface area contributed by atoms with Crippen LogP contribution in [-0.2, 0) is 32.7 Å². The second-order valence-electron chi connectivity index (χ2n) is 29.5. The minimum absolute atomic E-state index is 0.0321. The molecular weight excluding hydrogens is 1230 g/mol. The van der Waals surface area contributed by atoms with Crippen LogP contribution < -0.4 is 0 Å². The lowest BCUT2D eigenvalue weighted by atomic mass is 10.0. The van der Waals surface area contributed by atoms with Crippen molar-refractivity contribution >= 4 is 19.8 Å². The minimum Gasteiger partial charge on any atom is -0.462 e. The highest BCUT2D eigenvalue weighted by molar-refractivity contribution is 7.47. The normalized spacial score (nSPS) is 13.5. The van der Waals surface area contributed by atoms with Gasteiger partial charge >= 0.3 is 19.8 Å². The number of phosphoric acid groups is 1. The van der Waals surface area contributed by atoms with Gasteiger partial charge in [0.1, 0.15) is 19.8 Å². The maximum atomic E-state index is 12.9. The average molecular weight is 1390 g/mol. The Balaban J connectivity index is 3.90. The summed E-state index contributed by atoms with van der Waals surface area (Å²) in [7, 11) is 1.49. The van der Waals surface area contributed by atoms with Crippen molar-refractivity contribution in [3.05, 3.63) is 97.2 Å². The van der Waals surface area contributed by atoms with Gasteiger partial charge in [-0.05, 0) is 96.3 Å². The Kier molecular flexibility index (Phi) is 75.6. The summed E-state index contributed by atoms with van der Waals surface area (Å²) in [6.45, 7) is 4.37. The van der Waals surface area contributed by atoms with Gasteiger partial charge in [0.2, 0.25) is 0 Å². The molecule has 0 saturated heterocycles. The Hall–Kier alpha value is -3.07. The number of quaternary nitrogens is 1. The summed E-state index contributed by atoms with van der Waals surface area (Å²) in [5.74, 6) is -0.778. The number of phosphoric ester groups is 1. The standard InChI is InChI=1S/C88H160NO8P/c1-6-8-10-12-14-16-18-20-22-24-26-28-30-32-34-36-38-40-42-43-44-45-47-48-50-52-54-56-58-60-62-64-66-68-70-72-74-76-78-80-87(90)94-84-86(85-96-98(92,93)95-83-82-89(3,4)5)97-88(91)81-79-77-75-73-71-69-67-65-63-61-59-57-55-53-51-49-46-41-39-37-35-33-31-29-27-25-23-21-19-17-15-13-11-9-7-2/h9,11,15,17-18,20-21,23-24,26-27,29-30,32-33,35,86H,6-8,10,12-14,16,19,22,25,28,31,34,36-85H2,1-5H3/p+1/b11-9-,17-15-,20-18-,23-21-,26-24-,29-27-,32-30-,35-33-. The number of nitrogens with zero attached hydrogens (tertiary/aromatic N) is 1. The van der Waals surface area contributed by atoms with Crippen LogP contribution in [0.4, 0.5) is 0 Å². The zero-order valence-electron chi connectivity index (χ0n) is 65.3. The van der Waals surface area contributed by atoms with E-state index in [1.54, 1.807) is 0 Å². The second kappa shape index (κ2) is 78.1. The number of unbranched alkanes of at least 4 members (excludes halogenated alkanes) is 48. The summed E-state index contributed by atoms with van der Waals surface area (Å²) in [6, 6.07) is 0. The number of allylic oxidation sites excluding steroid dienone is 16. The first-order valence-corrected chi connectivity index (χ1v) is 43.5. The Morgan fingerprint density at radius 2 is 0.582 bits per heavy atom. The predicted molar refractivity (Wildman–Crippen MR) is 427 cm³/mol. The monoisotopic (exact) mass is 1390 g/mol. The Bertz CT molecular complexity index is 1980. The third-order valence-electron chi connectivity index (χ3n) is 18.6. The summed E-state index contributed by atoms with van der Waals surface area (Å²) < 4.78 is 34.9. The van der Waals surface area contributed by atoms with Gasteiger partial charge in [0.25, 0.3) is 0 Å². The van der Waals surface area contributed by atoms with Crippen molar-refractivity contribution in [3.63, 3.8) is 0 Å². The zero-order chi connectivity index (χ0) is 71.1. The molecule has 2 atom stereocenters. The molecule has 0 radical (unpaired) electrons. The van der Waals surface area contributed by atoms with Crippen LogP contribution in [0.3, 0.4) is 0 Å². The summed E-state index contributed by atoms with van der Waals surface area (Å²) in [4.78, 5) is 36.0. The van der Waals surface area contributed by atoms with E-state index < -0.39 is 26.5 Å². The van der Waals surface area contributed by atoms with E-state index >= 15 is 0 Å². The van der Waals surface area contributed by atoms with Gasteiger partial charge in [-0.3, -0.25) is 18.6 Å². The molecule has 570 valence electrons. The number of carbonyl (C=O) groups is 2. The molecule has 0 aliphatic carbocycles. The molecule has 1 N–H and O–H groups in total. The van der Waals surface area contributed by atoms with Crippen molar-refractivity contribution in [2.75, 3.05) is 47.5 Å². The molecule has 0 aliphatic rings.